The Kier molecular flexibility index (Phi) is 5.91. The molecule has 0 atom stereocenters. The molecule has 0 aliphatic rings. The van der Waals surface area contributed by atoms with Crippen LogP contribution in [-0.4, -0.2) is 18.9 Å². The van der Waals surface area contributed by atoms with Crippen molar-refractivity contribution in [3.63, 3.8) is 0 Å². The van der Waals surface area contributed by atoms with Gasteiger partial charge in [0.25, 0.3) is 11.8 Å². The monoisotopic (exact) mass is 375 g/mol. The van der Waals surface area contributed by atoms with Crippen LogP contribution >= 0.6 is 0 Å². The summed E-state index contributed by atoms with van der Waals surface area (Å²) in [5.74, 6) is -0.0407. The van der Waals surface area contributed by atoms with Crippen LogP contribution in [-0.2, 0) is 0 Å². The molecule has 6 nitrogen and oxygen atoms in total. The van der Waals surface area contributed by atoms with Crippen LogP contribution in [0.2, 0.25) is 0 Å². The number of amides is 2. The van der Waals surface area contributed by atoms with E-state index in [1.54, 1.807) is 37.4 Å². The van der Waals surface area contributed by atoms with Crippen LogP contribution in [0.25, 0.3) is 0 Å². The number of rotatable bonds is 5. The predicted molar refractivity (Wildman–Crippen MR) is 109 cm³/mol. The van der Waals surface area contributed by atoms with Crippen molar-refractivity contribution >= 4 is 23.2 Å². The van der Waals surface area contributed by atoms with E-state index in [4.69, 9.17) is 4.74 Å². The second-order valence-electron chi connectivity index (χ2n) is 6.12. The fraction of sp³-hybridized carbons (Fsp3) is 0.0909. The molecule has 0 saturated heterocycles. The number of carbonyl (C=O) groups is 2. The number of nitrogens with one attached hydrogen (secondary N) is 3. The first kappa shape index (κ1) is 19.0. The van der Waals surface area contributed by atoms with E-state index in [2.05, 4.69) is 16.2 Å². The lowest BCUT2D eigenvalue weighted by atomic mass is 10.1. The summed E-state index contributed by atoms with van der Waals surface area (Å²) in [4.78, 5) is 24.9. The maximum Gasteiger partial charge on any atom is 0.271 e. The largest absolute Gasteiger partial charge is 0.497 e. The van der Waals surface area contributed by atoms with Gasteiger partial charge in [0.05, 0.1) is 18.4 Å². The minimum absolute atomic E-state index is 0.368. The Morgan fingerprint density at radius 1 is 0.750 bits per heavy atom. The smallest absolute Gasteiger partial charge is 0.271 e. The standard InChI is InChI=1S/C22H21N3O3/c1-15-7-3-4-8-18(15)21(26)24-25-22(27)19-9-5-6-10-20(19)23-16-11-13-17(28-2)14-12-16/h3-14,23H,1-2H3,(H,24,26)(H,25,27). The maximum absolute atomic E-state index is 12.6. The van der Waals surface area contributed by atoms with E-state index in [9.17, 15) is 9.59 Å². The van der Waals surface area contributed by atoms with Crippen molar-refractivity contribution in [3.8, 4) is 5.75 Å². The molecule has 28 heavy (non-hydrogen) atoms. The van der Waals surface area contributed by atoms with E-state index in [1.807, 2.05) is 49.4 Å². The van der Waals surface area contributed by atoms with Crippen molar-refractivity contribution in [1.29, 1.82) is 0 Å². The summed E-state index contributed by atoms with van der Waals surface area (Å²) < 4.78 is 5.15. The van der Waals surface area contributed by atoms with Gasteiger partial charge in [-0.1, -0.05) is 30.3 Å². The lowest BCUT2D eigenvalue weighted by Gasteiger charge is -2.13. The van der Waals surface area contributed by atoms with E-state index in [0.29, 0.717) is 16.8 Å². The van der Waals surface area contributed by atoms with Crippen molar-refractivity contribution in [2.45, 2.75) is 6.92 Å². The lowest BCUT2D eigenvalue weighted by Crippen LogP contribution is -2.42. The zero-order valence-electron chi connectivity index (χ0n) is 15.7. The Morgan fingerprint density at radius 3 is 1.96 bits per heavy atom. The molecule has 3 N–H and O–H groups in total. The topological polar surface area (TPSA) is 79.5 Å². The van der Waals surface area contributed by atoms with Gasteiger partial charge in [-0.3, -0.25) is 20.4 Å². The summed E-state index contributed by atoms with van der Waals surface area (Å²) in [5, 5.41) is 3.20. The van der Waals surface area contributed by atoms with Crippen LogP contribution in [0.3, 0.4) is 0 Å². The Bertz CT molecular complexity index is 984. The highest BCUT2D eigenvalue weighted by atomic mass is 16.5. The van der Waals surface area contributed by atoms with Gasteiger partial charge < -0.3 is 10.1 Å². The predicted octanol–water partition coefficient (Wildman–Crippen LogP) is 3.82. The van der Waals surface area contributed by atoms with Gasteiger partial charge in [-0.15, -0.1) is 0 Å². The molecule has 0 saturated carbocycles. The number of carbonyl (C=O) groups excluding carboxylic acids is 2. The molecule has 0 aromatic heterocycles. The molecule has 3 rings (SSSR count). The van der Waals surface area contributed by atoms with Crippen LogP contribution < -0.4 is 20.9 Å². The number of hydrogen-bond acceptors (Lipinski definition) is 4. The normalized spacial score (nSPS) is 10.1. The van der Waals surface area contributed by atoms with Gasteiger partial charge in [0.1, 0.15) is 5.75 Å². The van der Waals surface area contributed by atoms with Gasteiger partial charge in [0.2, 0.25) is 0 Å². The molecule has 6 heteroatoms. The second kappa shape index (κ2) is 8.73. The Balaban J connectivity index is 1.70. The summed E-state index contributed by atoms with van der Waals surface area (Å²) in [6.07, 6.45) is 0. The minimum Gasteiger partial charge on any atom is -0.497 e. The van der Waals surface area contributed by atoms with E-state index >= 15 is 0 Å². The van der Waals surface area contributed by atoms with Crippen LogP contribution in [0.4, 0.5) is 11.4 Å². The Hall–Kier alpha value is -3.80. The van der Waals surface area contributed by atoms with Crippen molar-refractivity contribution in [1.82, 2.24) is 10.9 Å². The quantitative estimate of drug-likeness (QED) is 0.592. The number of hydrogen-bond donors (Lipinski definition) is 3. The molecular weight excluding hydrogens is 354 g/mol. The molecule has 0 aliphatic heterocycles. The van der Waals surface area contributed by atoms with E-state index in [-0.39, 0.29) is 5.91 Å². The number of ether oxygens (including phenoxy) is 1. The Labute approximate surface area is 163 Å². The lowest BCUT2D eigenvalue weighted by molar-refractivity contribution is 0.0846. The molecule has 0 fully saturated rings. The molecular formula is C22H21N3O3. The molecule has 0 spiro atoms. The second-order valence-corrected chi connectivity index (χ2v) is 6.12. The highest BCUT2D eigenvalue weighted by Gasteiger charge is 2.13. The summed E-state index contributed by atoms with van der Waals surface area (Å²) >= 11 is 0. The first-order valence-electron chi connectivity index (χ1n) is 8.75. The Morgan fingerprint density at radius 2 is 1.32 bits per heavy atom. The third kappa shape index (κ3) is 4.48. The van der Waals surface area contributed by atoms with E-state index in [0.717, 1.165) is 17.0 Å². The fourth-order valence-corrected chi connectivity index (χ4v) is 2.70. The van der Waals surface area contributed by atoms with Crippen molar-refractivity contribution in [3.05, 3.63) is 89.5 Å². The average Bonchev–Trinajstić information content (AvgIpc) is 2.73. The summed E-state index contributed by atoms with van der Waals surface area (Å²) in [5.41, 5.74) is 8.10. The molecule has 142 valence electrons. The summed E-state index contributed by atoms with van der Waals surface area (Å²) in [7, 11) is 1.60. The van der Waals surface area contributed by atoms with E-state index in [1.165, 1.54) is 0 Å². The van der Waals surface area contributed by atoms with Crippen LogP contribution in [0.5, 0.6) is 5.75 Å². The first-order valence-corrected chi connectivity index (χ1v) is 8.75. The highest BCUT2D eigenvalue weighted by Crippen LogP contribution is 2.22. The molecule has 3 aromatic rings. The number of benzene rings is 3. The van der Waals surface area contributed by atoms with Crippen LogP contribution in [0, 0.1) is 6.92 Å². The molecule has 3 aromatic carbocycles. The fourth-order valence-electron chi connectivity index (χ4n) is 2.70. The molecule has 2 amide bonds. The number of methoxy groups -OCH3 is 1. The number of para-hydroxylation sites is 1. The summed E-state index contributed by atoms with van der Waals surface area (Å²) in [6.45, 7) is 1.84. The van der Waals surface area contributed by atoms with Gasteiger partial charge in [-0.05, 0) is 55.0 Å². The SMILES string of the molecule is COc1ccc(Nc2ccccc2C(=O)NNC(=O)c2ccccc2C)cc1. The third-order valence-electron chi connectivity index (χ3n) is 4.22. The van der Waals surface area contributed by atoms with Crippen molar-refractivity contribution in [2.75, 3.05) is 12.4 Å². The number of aryl methyl sites for hydroxylation is 1. The zero-order valence-corrected chi connectivity index (χ0v) is 15.7. The van der Waals surface area contributed by atoms with E-state index < -0.39 is 5.91 Å². The maximum atomic E-state index is 12.6. The van der Waals surface area contributed by atoms with Gasteiger partial charge in [-0.2, -0.15) is 0 Å². The molecule has 0 aliphatic carbocycles. The minimum atomic E-state index is -0.418. The molecule has 0 heterocycles. The van der Waals surface area contributed by atoms with Crippen molar-refractivity contribution in [2.24, 2.45) is 0 Å². The number of anilines is 2. The third-order valence-corrected chi connectivity index (χ3v) is 4.22. The van der Waals surface area contributed by atoms with Gasteiger partial charge >= 0.3 is 0 Å². The first-order chi connectivity index (χ1) is 13.6. The zero-order chi connectivity index (χ0) is 19.9. The van der Waals surface area contributed by atoms with Gasteiger partial charge in [-0.25, -0.2) is 0 Å². The number of hydrazine groups is 1. The summed E-state index contributed by atoms with van der Waals surface area (Å²) in [6, 6.07) is 21.6. The van der Waals surface area contributed by atoms with Crippen LogP contribution in [0.1, 0.15) is 26.3 Å². The average molecular weight is 375 g/mol. The highest BCUT2D eigenvalue weighted by molar-refractivity contribution is 6.02. The van der Waals surface area contributed by atoms with Crippen molar-refractivity contribution < 1.29 is 14.3 Å². The van der Waals surface area contributed by atoms with Gasteiger partial charge in [0, 0.05) is 11.3 Å². The molecule has 0 radical (unpaired) electrons. The van der Waals surface area contributed by atoms with Gasteiger partial charge in [0.15, 0.2) is 0 Å². The molecule has 0 bridgehead atoms. The molecule has 0 unspecified atom stereocenters. The van der Waals surface area contributed by atoms with Crippen LogP contribution in [0.15, 0.2) is 72.8 Å².